The first-order valence-corrected chi connectivity index (χ1v) is 15.9. The summed E-state index contributed by atoms with van der Waals surface area (Å²) in [6.45, 7) is 12.7. The van der Waals surface area contributed by atoms with E-state index in [9.17, 15) is 19.2 Å². The molecule has 3 unspecified atom stereocenters. The molecule has 1 aromatic rings. The lowest BCUT2D eigenvalue weighted by atomic mass is 9.99. The van der Waals surface area contributed by atoms with Crippen LogP contribution in [0.5, 0.6) is 17.2 Å². The van der Waals surface area contributed by atoms with Crippen molar-refractivity contribution in [1.82, 2.24) is 0 Å². The molecule has 0 N–H and O–H groups in total. The SMILES string of the molecule is CCCCC(C)CCC(=O)Oc1cc(OC(=O)CCC(C)CCCC)c(C=O)c(OC(=O)CCC(C)CCCC)c1. The Kier molecular flexibility index (Phi) is 18.7. The number of aldehydes is 1. The minimum absolute atomic E-state index is 0.0576. The normalized spacial score (nSPS) is 13.2. The fourth-order valence-corrected chi connectivity index (χ4v) is 4.63. The molecule has 232 valence electrons. The molecule has 7 heteroatoms. The molecule has 0 aliphatic rings. The van der Waals surface area contributed by atoms with Gasteiger partial charge in [0.05, 0.1) is 0 Å². The van der Waals surface area contributed by atoms with Gasteiger partial charge in [-0.15, -0.1) is 0 Å². The van der Waals surface area contributed by atoms with Crippen LogP contribution in [0.2, 0.25) is 0 Å². The topological polar surface area (TPSA) is 96.0 Å². The third-order valence-electron chi connectivity index (χ3n) is 7.55. The van der Waals surface area contributed by atoms with Gasteiger partial charge in [0.15, 0.2) is 6.29 Å². The van der Waals surface area contributed by atoms with E-state index in [1.54, 1.807) is 0 Å². The van der Waals surface area contributed by atoms with E-state index in [2.05, 4.69) is 41.5 Å². The van der Waals surface area contributed by atoms with E-state index in [1.807, 2.05) is 0 Å². The van der Waals surface area contributed by atoms with Gasteiger partial charge in [-0.05, 0) is 37.0 Å². The number of ether oxygens (including phenoxy) is 3. The number of carbonyl (C=O) groups is 4. The van der Waals surface area contributed by atoms with Gasteiger partial charge in [0.25, 0.3) is 0 Å². The Labute approximate surface area is 248 Å². The van der Waals surface area contributed by atoms with Crippen LogP contribution >= 0.6 is 0 Å². The van der Waals surface area contributed by atoms with Crippen LogP contribution < -0.4 is 14.2 Å². The monoisotopic (exact) mass is 574 g/mol. The summed E-state index contributed by atoms with van der Waals surface area (Å²) >= 11 is 0. The van der Waals surface area contributed by atoms with E-state index in [1.165, 1.54) is 12.1 Å². The molecule has 0 bridgehead atoms. The number of rotatable bonds is 22. The number of unbranched alkanes of at least 4 members (excludes halogenated alkanes) is 3. The average Bonchev–Trinajstić information content (AvgIpc) is 2.94. The van der Waals surface area contributed by atoms with Crippen LogP contribution in [-0.4, -0.2) is 24.2 Å². The maximum absolute atomic E-state index is 12.7. The number of hydrogen-bond acceptors (Lipinski definition) is 7. The Bertz CT molecular complexity index is 886. The van der Waals surface area contributed by atoms with Crippen LogP contribution in [-0.2, 0) is 14.4 Å². The van der Waals surface area contributed by atoms with E-state index in [0.29, 0.717) is 43.3 Å². The van der Waals surface area contributed by atoms with Crippen LogP contribution in [0, 0.1) is 17.8 Å². The largest absolute Gasteiger partial charge is 0.426 e. The lowest BCUT2D eigenvalue weighted by molar-refractivity contribution is -0.135. The lowest BCUT2D eigenvalue weighted by Crippen LogP contribution is -2.15. The summed E-state index contributed by atoms with van der Waals surface area (Å²) in [6.07, 6.45) is 12.9. The molecular weight excluding hydrogens is 520 g/mol. The molecule has 1 aromatic carbocycles. The number of carbonyl (C=O) groups excluding carboxylic acids is 4. The maximum atomic E-state index is 12.7. The first-order chi connectivity index (χ1) is 19.6. The zero-order chi connectivity index (χ0) is 30.6. The predicted octanol–water partition coefficient (Wildman–Crippen LogP) is 9.03. The van der Waals surface area contributed by atoms with Crippen molar-refractivity contribution in [1.29, 1.82) is 0 Å². The van der Waals surface area contributed by atoms with Crippen molar-refractivity contribution >= 4 is 24.2 Å². The molecule has 0 aliphatic carbocycles. The summed E-state index contributed by atoms with van der Waals surface area (Å²) in [7, 11) is 0. The van der Waals surface area contributed by atoms with Crippen LogP contribution in [0.3, 0.4) is 0 Å². The number of hydrogen-bond donors (Lipinski definition) is 0. The third-order valence-corrected chi connectivity index (χ3v) is 7.55. The van der Waals surface area contributed by atoms with Gasteiger partial charge >= 0.3 is 17.9 Å². The Balaban J connectivity index is 3.06. The molecule has 0 amide bonds. The molecule has 0 radical (unpaired) electrons. The zero-order valence-corrected chi connectivity index (χ0v) is 26.4. The highest BCUT2D eigenvalue weighted by atomic mass is 16.6. The maximum Gasteiger partial charge on any atom is 0.311 e. The van der Waals surface area contributed by atoms with Crippen molar-refractivity contribution in [3.63, 3.8) is 0 Å². The highest BCUT2D eigenvalue weighted by Gasteiger charge is 2.21. The van der Waals surface area contributed by atoms with Gasteiger partial charge in [-0.2, -0.15) is 0 Å². The van der Waals surface area contributed by atoms with Gasteiger partial charge in [0, 0.05) is 31.4 Å². The second kappa shape index (κ2) is 21.1. The highest BCUT2D eigenvalue weighted by molar-refractivity contribution is 5.89. The molecule has 0 aliphatic heterocycles. The van der Waals surface area contributed by atoms with Crippen molar-refractivity contribution in [3.05, 3.63) is 17.7 Å². The van der Waals surface area contributed by atoms with Crippen LogP contribution in [0.1, 0.15) is 148 Å². The molecule has 0 saturated heterocycles. The van der Waals surface area contributed by atoms with Crippen LogP contribution in [0.4, 0.5) is 0 Å². The molecule has 0 aromatic heterocycles. The van der Waals surface area contributed by atoms with Crippen molar-refractivity contribution in [2.75, 3.05) is 0 Å². The molecule has 0 fully saturated rings. The average molecular weight is 575 g/mol. The Hall–Kier alpha value is -2.70. The van der Waals surface area contributed by atoms with Crippen molar-refractivity contribution in [2.24, 2.45) is 17.8 Å². The zero-order valence-electron chi connectivity index (χ0n) is 26.4. The fraction of sp³-hybridized carbons (Fsp3) is 0.706. The van der Waals surface area contributed by atoms with Gasteiger partial charge in [0.2, 0.25) is 0 Å². The van der Waals surface area contributed by atoms with Gasteiger partial charge in [0.1, 0.15) is 22.8 Å². The highest BCUT2D eigenvalue weighted by Crippen LogP contribution is 2.34. The number of benzene rings is 1. The van der Waals surface area contributed by atoms with E-state index >= 15 is 0 Å². The molecule has 0 saturated carbocycles. The molecule has 0 heterocycles. The molecule has 41 heavy (non-hydrogen) atoms. The smallest absolute Gasteiger partial charge is 0.311 e. The summed E-state index contributed by atoms with van der Waals surface area (Å²) in [5.74, 6) is -0.367. The summed E-state index contributed by atoms with van der Waals surface area (Å²) < 4.78 is 16.7. The first kappa shape index (κ1) is 36.3. The summed E-state index contributed by atoms with van der Waals surface area (Å²) in [5.41, 5.74) is -0.0576. The van der Waals surface area contributed by atoms with Gasteiger partial charge in [-0.1, -0.05) is 99.3 Å². The summed E-state index contributed by atoms with van der Waals surface area (Å²) in [6, 6.07) is 2.70. The Morgan fingerprint density at radius 1 is 0.610 bits per heavy atom. The molecule has 7 nitrogen and oxygen atoms in total. The van der Waals surface area contributed by atoms with E-state index in [0.717, 1.165) is 57.8 Å². The summed E-state index contributed by atoms with van der Waals surface area (Å²) in [4.78, 5) is 50.1. The van der Waals surface area contributed by atoms with E-state index < -0.39 is 17.9 Å². The van der Waals surface area contributed by atoms with E-state index in [-0.39, 0.29) is 42.1 Å². The predicted molar refractivity (Wildman–Crippen MR) is 163 cm³/mol. The standard InChI is InChI=1S/C34H54O7/c1-7-10-13-25(4)16-19-32(36)39-28-22-30(40-33(37)20-17-26(5)14-11-8-2)29(24-35)31(23-28)41-34(38)21-18-27(6)15-12-9-3/h22-27H,7-21H2,1-6H3. The van der Waals surface area contributed by atoms with Crippen molar-refractivity contribution in [3.8, 4) is 17.2 Å². The van der Waals surface area contributed by atoms with Crippen molar-refractivity contribution < 1.29 is 33.4 Å². The fourth-order valence-electron chi connectivity index (χ4n) is 4.63. The minimum Gasteiger partial charge on any atom is -0.426 e. The van der Waals surface area contributed by atoms with Gasteiger partial charge in [-0.3, -0.25) is 19.2 Å². The third kappa shape index (κ3) is 15.8. The van der Waals surface area contributed by atoms with Crippen LogP contribution in [0.25, 0.3) is 0 Å². The molecular formula is C34H54O7. The van der Waals surface area contributed by atoms with Gasteiger partial charge < -0.3 is 14.2 Å². The van der Waals surface area contributed by atoms with E-state index in [4.69, 9.17) is 14.2 Å². The molecule has 0 spiro atoms. The van der Waals surface area contributed by atoms with Crippen LogP contribution in [0.15, 0.2) is 12.1 Å². The number of esters is 3. The Morgan fingerprint density at radius 2 is 0.951 bits per heavy atom. The lowest BCUT2D eigenvalue weighted by Gasteiger charge is -2.16. The summed E-state index contributed by atoms with van der Waals surface area (Å²) in [5, 5.41) is 0. The molecule has 3 atom stereocenters. The minimum atomic E-state index is -0.494. The first-order valence-electron chi connectivity index (χ1n) is 15.9. The Morgan fingerprint density at radius 3 is 1.27 bits per heavy atom. The second-order valence-electron chi connectivity index (χ2n) is 11.7. The quantitative estimate of drug-likeness (QED) is 0.0774. The van der Waals surface area contributed by atoms with Gasteiger partial charge in [-0.25, -0.2) is 0 Å². The van der Waals surface area contributed by atoms with Crippen molar-refractivity contribution in [2.45, 2.75) is 138 Å². The molecule has 1 rings (SSSR count). The second-order valence-corrected chi connectivity index (χ2v) is 11.7.